The van der Waals surface area contributed by atoms with Gasteiger partial charge in [-0.1, -0.05) is 0 Å². The van der Waals surface area contributed by atoms with Gasteiger partial charge in [-0.05, 0) is 13.8 Å². The van der Waals surface area contributed by atoms with Gasteiger partial charge in [0.1, 0.15) is 11.7 Å². The van der Waals surface area contributed by atoms with Gasteiger partial charge in [-0.2, -0.15) is 0 Å². The van der Waals surface area contributed by atoms with Crippen molar-refractivity contribution in [3.8, 4) is 0 Å². The highest BCUT2D eigenvalue weighted by Gasteiger charge is 2.07. The van der Waals surface area contributed by atoms with Crippen LogP contribution in [0.1, 0.15) is 18.3 Å². The van der Waals surface area contributed by atoms with Gasteiger partial charge in [-0.15, -0.1) is 0 Å². The van der Waals surface area contributed by atoms with Crippen LogP contribution in [-0.2, 0) is 0 Å². The van der Waals surface area contributed by atoms with E-state index in [4.69, 9.17) is 0 Å². The fraction of sp³-hybridized carbons (Fsp3) is 0.500. The zero-order valence-electron chi connectivity index (χ0n) is 9.15. The first kappa shape index (κ1) is 10.6. The fourth-order valence-electron chi connectivity index (χ4n) is 1.18. The van der Waals surface area contributed by atoms with Gasteiger partial charge >= 0.3 is 0 Å². The minimum atomic E-state index is 0.781. The second-order valence-corrected chi connectivity index (χ2v) is 3.08. The van der Waals surface area contributed by atoms with Crippen LogP contribution >= 0.6 is 0 Å². The standard InChI is InChI=1S/C10H16N4/c1-5-14(4)10(11-3)9-6-12-8(2)13-7-9/h6-7H,5H2,1-4H3. The lowest BCUT2D eigenvalue weighted by Gasteiger charge is -2.18. The lowest BCUT2D eigenvalue weighted by Crippen LogP contribution is -2.27. The average molecular weight is 192 g/mol. The highest BCUT2D eigenvalue weighted by Crippen LogP contribution is 2.01. The van der Waals surface area contributed by atoms with Crippen LogP contribution in [0.5, 0.6) is 0 Å². The largest absolute Gasteiger partial charge is 0.360 e. The molecule has 0 aliphatic carbocycles. The summed E-state index contributed by atoms with van der Waals surface area (Å²) in [5.74, 6) is 1.70. The Kier molecular flexibility index (Phi) is 3.56. The summed E-state index contributed by atoms with van der Waals surface area (Å²) in [4.78, 5) is 14.6. The summed E-state index contributed by atoms with van der Waals surface area (Å²) in [5.41, 5.74) is 0.961. The molecule has 4 nitrogen and oxygen atoms in total. The van der Waals surface area contributed by atoms with E-state index in [0.29, 0.717) is 0 Å². The van der Waals surface area contributed by atoms with E-state index in [2.05, 4.69) is 26.8 Å². The van der Waals surface area contributed by atoms with Crippen LogP contribution in [0.4, 0.5) is 0 Å². The Morgan fingerprint density at radius 1 is 1.43 bits per heavy atom. The van der Waals surface area contributed by atoms with Crippen molar-refractivity contribution in [1.82, 2.24) is 14.9 Å². The van der Waals surface area contributed by atoms with Gasteiger partial charge in [-0.25, -0.2) is 9.97 Å². The summed E-state index contributed by atoms with van der Waals surface area (Å²) in [6, 6.07) is 0. The summed E-state index contributed by atoms with van der Waals surface area (Å²) in [6.45, 7) is 4.87. The van der Waals surface area contributed by atoms with Crippen LogP contribution in [0.15, 0.2) is 17.4 Å². The van der Waals surface area contributed by atoms with Gasteiger partial charge in [0.25, 0.3) is 0 Å². The van der Waals surface area contributed by atoms with Crippen LogP contribution in [0.3, 0.4) is 0 Å². The van der Waals surface area contributed by atoms with Crippen LogP contribution in [0.25, 0.3) is 0 Å². The second kappa shape index (κ2) is 4.69. The van der Waals surface area contributed by atoms with Crippen molar-refractivity contribution in [1.29, 1.82) is 0 Å². The van der Waals surface area contributed by atoms with Crippen molar-refractivity contribution in [2.75, 3.05) is 20.6 Å². The summed E-state index contributed by atoms with van der Waals surface area (Å²) in [7, 11) is 3.78. The maximum atomic E-state index is 4.22. The van der Waals surface area contributed by atoms with Gasteiger partial charge in [0.15, 0.2) is 0 Å². The van der Waals surface area contributed by atoms with E-state index in [9.17, 15) is 0 Å². The molecule has 0 radical (unpaired) electrons. The number of aliphatic imine (C=N–C) groups is 1. The number of aromatic nitrogens is 2. The first-order valence-corrected chi connectivity index (χ1v) is 4.66. The van der Waals surface area contributed by atoms with E-state index in [0.717, 1.165) is 23.8 Å². The SMILES string of the molecule is CCN(C)C(=NC)c1cnc(C)nc1. The predicted octanol–water partition coefficient (Wildman–Crippen LogP) is 1.11. The molecule has 0 N–H and O–H groups in total. The van der Waals surface area contributed by atoms with Gasteiger partial charge in [0.05, 0.1) is 5.56 Å². The molecule has 0 aliphatic rings. The van der Waals surface area contributed by atoms with Crippen molar-refractivity contribution in [2.24, 2.45) is 4.99 Å². The molecule has 1 aromatic rings. The lowest BCUT2D eigenvalue weighted by atomic mass is 10.3. The summed E-state index contributed by atoms with van der Waals surface area (Å²) < 4.78 is 0. The Labute approximate surface area is 84.7 Å². The maximum absolute atomic E-state index is 4.22. The first-order valence-electron chi connectivity index (χ1n) is 4.66. The third kappa shape index (κ3) is 2.28. The molecule has 0 bridgehead atoms. The quantitative estimate of drug-likeness (QED) is 0.520. The Morgan fingerprint density at radius 2 is 2.00 bits per heavy atom. The molecule has 0 fully saturated rings. The molecule has 0 saturated carbocycles. The van der Waals surface area contributed by atoms with Gasteiger partial charge in [0.2, 0.25) is 0 Å². The summed E-state index contributed by atoms with van der Waals surface area (Å²) >= 11 is 0. The monoisotopic (exact) mass is 192 g/mol. The Balaban J connectivity index is 2.96. The van der Waals surface area contributed by atoms with Crippen molar-refractivity contribution >= 4 is 5.84 Å². The topological polar surface area (TPSA) is 41.4 Å². The van der Waals surface area contributed by atoms with E-state index in [-0.39, 0.29) is 0 Å². The van der Waals surface area contributed by atoms with E-state index in [1.165, 1.54) is 0 Å². The normalized spacial score (nSPS) is 11.6. The van der Waals surface area contributed by atoms with Crippen LogP contribution in [0.2, 0.25) is 0 Å². The maximum Gasteiger partial charge on any atom is 0.133 e. The molecule has 1 rings (SSSR count). The molecule has 0 spiro atoms. The Morgan fingerprint density at radius 3 is 2.43 bits per heavy atom. The molecule has 0 unspecified atom stereocenters. The molecule has 1 aromatic heterocycles. The van der Waals surface area contributed by atoms with E-state index < -0.39 is 0 Å². The molecule has 0 atom stereocenters. The smallest absolute Gasteiger partial charge is 0.133 e. The van der Waals surface area contributed by atoms with Gasteiger partial charge < -0.3 is 4.90 Å². The van der Waals surface area contributed by atoms with Crippen molar-refractivity contribution in [3.05, 3.63) is 23.8 Å². The highest BCUT2D eigenvalue weighted by molar-refractivity contribution is 5.97. The third-order valence-electron chi connectivity index (χ3n) is 2.09. The number of rotatable bonds is 2. The average Bonchev–Trinajstić information content (AvgIpc) is 2.21. The molecule has 1 heterocycles. The molecule has 14 heavy (non-hydrogen) atoms. The Bertz CT molecular complexity index is 315. The van der Waals surface area contributed by atoms with Crippen LogP contribution in [-0.4, -0.2) is 41.3 Å². The zero-order valence-corrected chi connectivity index (χ0v) is 9.15. The number of hydrogen-bond acceptors (Lipinski definition) is 3. The molecule has 0 amide bonds. The van der Waals surface area contributed by atoms with Gasteiger partial charge in [0, 0.05) is 33.0 Å². The zero-order chi connectivity index (χ0) is 10.6. The number of hydrogen-bond donors (Lipinski definition) is 0. The van der Waals surface area contributed by atoms with Crippen molar-refractivity contribution in [3.63, 3.8) is 0 Å². The molecule has 0 saturated heterocycles. The molecule has 76 valence electrons. The van der Waals surface area contributed by atoms with E-state index in [1.54, 1.807) is 19.4 Å². The minimum Gasteiger partial charge on any atom is -0.360 e. The second-order valence-electron chi connectivity index (χ2n) is 3.08. The van der Waals surface area contributed by atoms with Crippen LogP contribution in [0, 0.1) is 6.92 Å². The summed E-state index contributed by atoms with van der Waals surface area (Å²) in [6.07, 6.45) is 3.60. The number of nitrogens with zero attached hydrogens (tertiary/aromatic N) is 4. The molecular formula is C10H16N4. The summed E-state index contributed by atoms with van der Waals surface area (Å²) in [5, 5.41) is 0. The molecular weight excluding hydrogens is 176 g/mol. The van der Waals surface area contributed by atoms with E-state index >= 15 is 0 Å². The minimum absolute atomic E-state index is 0.781. The molecule has 4 heteroatoms. The number of aryl methyl sites for hydroxylation is 1. The lowest BCUT2D eigenvalue weighted by molar-refractivity contribution is 0.535. The van der Waals surface area contributed by atoms with Crippen molar-refractivity contribution in [2.45, 2.75) is 13.8 Å². The van der Waals surface area contributed by atoms with Gasteiger partial charge in [-0.3, -0.25) is 4.99 Å². The first-order chi connectivity index (χ1) is 6.69. The van der Waals surface area contributed by atoms with Crippen molar-refractivity contribution < 1.29 is 0 Å². The van der Waals surface area contributed by atoms with Crippen LogP contribution < -0.4 is 0 Å². The Hall–Kier alpha value is -1.45. The predicted molar refractivity (Wildman–Crippen MR) is 57.5 cm³/mol. The fourth-order valence-corrected chi connectivity index (χ4v) is 1.18. The van der Waals surface area contributed by atoms with E-state index in [1.807, 2.05) is 14.0 Å². The molecule has 0 aromatic carbocycles. The third-order valence-corrected chi connectivity index (χ3v) is 2.09. The number of amidine groups is 1. The highest BCUT2D eigenvalue weighted by atomic mass is 15.2. The molecule has 0 aliphatic heterocycles.